The van der Waals surface area contributed by atoms with Gasteiger partial charge in [0.1, 0.15) is 0 Å². The van der Waals surface area contributed by atoms with Crippen LogP contribution in [0.5, 0.6) is 0 Å². The monoisotopic (exact) mass is 830 g/mol. The normalized spacial score (nSPS) is 12.1. The zero-order valence-corrected chi connectivity index (χ0v) is 35.1. The number of benzene rings is 11. The van der Waals surface area contributed by atoms with E-state index in [0.717, 1.165) is 49.6 Å². The predicted molar refractivity (Wildman–Crippen MR) is 271 cm³/mol. The van der Waals surface area contributed by atoms with E-state index in [-0.39, 0.29) is 0 Å². The van der Waals surface area contributed by atoms with E-state index in [9.17, 15) is 0 Å². The molecule has 0 saturated carbocycles. The summed E-state index contributed by atoms with van der Waals surface area (Å²) in [4.78, 5) is 16.5. The standard InChI is InChI=1S/C59H34N4S/c1-2-15-37-31-41(26-25-35(37)13-1)57-60-58(62-59(61-57)49-33-40-18-6-7-19-42(40)44-21-9-10-22-45(44)49)48-29-28-47-46-23-11-12-24-53(46)64-56(47)55(48)63-51-30-27-36-14-5-8-20-43(36)54(51)50-32-38-16-3-4-17-39(38)34-52(50)63/h1-34H. The Bertz CT molecular complexity index is 4270. The molecular weight excluding hydrogens is 797 g/mol. The third-order valence-electron chi connectivity index (χ3n) is 13.2. The van der Waals surface area contributed by atoms with Crippen molar-refractivity contribution in [1.82, 2.24) is 19.5 Å². The van der Waals surface area contributed by atoms with Crippen LogP contribution in [0.3, 0.4) is 0 Å². The minimum atomic E-state index is 0.622. The molecule has 0 radical (unpaired) electrons. The van der Waals surface area contributed by atoms with E-state index in [0.29, 0.717) is 17.5 Å². The lowest BCUT2D eigenvalue weighted by molar-refractivity contribution is 1.07. The molecule has 0 atom stereocenters. The quantitative estimate of drug-likeness (QED) is 0.166. The third kappa shape index (κ3) is 5.25. The summed E-state index contributed by atoms with van der Waals surface area (Å²) in [5.74, 6) is 1.89. The van der Waals surface area contributed by atoms with Crippen LogP contribution in [0.15, 0.2) is 206 Å². The fourth-order valence-corrected chi connectivity index (χ4v) is 11.4. The summed E-state index contributed by atoms with van der Waals surface area (Å²) in [6.07, 6.45) is 0. The molecule has 0 N–H and O–H groups in total. The predicted octanol–water partition coefficient (Wildman–Crippen LogP) is 16.1. The number of fused-ring (bicyclic) bond motifs is 13. The van der Waals surface area contributed by atoms with Gasteiger partial charge in [-0.05, 0) is 96.3 Å². The van der Waals surface area contributed by atoms with Gasteiger partial charge in [0.15, 0.2) is 17.5 Å². The van der Waals surface area contributed by atoms with E-state index in [2.05, 4.69) is 211 Å². The van der Waals surface area contributed by atoms with Gasteiger partial charge in [-0.2, -0.15) is 0 Å². The molecule has 64 heavy (non-hydrogen) atoms. The van der Waals surface area contributed by atoms with Crippen LogP contribution in [0.25, 0.3) is 136 Å². The molecule has 14 aromatic rings. The van der Waals surface area contributed by atoms with Crippen molar-refractivity contribution in [3.05, 3.63) is 206 Å². The Balaban J connectivity index is 1.14. The third-order valence-corrected chi connectivity index (χ3v) is 14.4. The molecule has 0 saturated heterocycles. The molecule has 0 aliphatic heterocycles. The van der Waals surface area contributed by atoms with Crippen molar-refractivity contribution < 1.29 is 0 Å². The Morgan fingerprint density at radius 3 is 1.73 bits per heavy atom. The van der Waals surface area contributed by atoms with Gasteiger partial charge in [-0.25, -0.2) is 15.0 Å². The lowest BCUT2D eigenvalue weighted by Gasteiger charge is -2.17. The molecule has 3 heterocycles. The Labute approximate surface area is 371 Å². The van der Waals surface area contributed by atoms with Crippen molar-refractivity contribution in [2.24, 2.45) is 0 Å². The molecule has 5 heteroatoms. The SMILES string of the molecule is c1ccc2cc(-c3nc(-c4ccc5c(sc6ccccc65)c4-n4c5cc6ccccc6cc5c5c6ccccc6ccc54)nc(-c4cc5ccccc5c5ccccc45)n3)ccc2c1. The van der Waals surface area contributed by atoms with E-state index in [1.807, 2.05) is 11.3 Å². The largest absolute Gasteiger partial charge is 0.307 e. The van der Waals surface area contributed by atoms with Gasteiger partial charge < -0.3 is 4.57 Å². The number of hydrogen-bond donors (Lipinski definition) is 0. The molecule has 0 amide bonds. The minimum absolute atomic E-state index is 0.622. The van der Waals surface area contributed by atoms with Gasteiger partial charge >= 0.3 is 0 Å². The highest BCUT2D eigenvalue weighted by atomic mass is 32.1. The first kappa shape index (κ1) is 35.4. The van der Waals surface area contributed by atoms with Gasteiger partial charge in [0.2, 0.25) is 0 Å². The maximum atomic E-state index is 5.58. The molecular formula is C59H34N4S. The summed E-state index contributed by atoms with van der Waals surface area (Å²) in [6, 6.07) is 74.5. The molecule has 296 valence electrons. The molecule has 0 fully saturated rings. The zero-order chi connectivity index (χ0) is 41.9. The van der Waals surface area contributed by atoms with Crippen LogP contribution in [-0.4, -0.2) is 19.5 Å². The average molecular weight is 831 g/mol. The van der Waals surface area contributed by atoms with Crippen LogP contribution in [0.1, 0.15) is 0 Å². The first-order valence-electron chi connectivity index (χ1n) is 21.7. The van der Waals surface area contributed by atoms with E-state index in [4.69, 9.17) is 15.0 Å². The number of thiophene rings is 1. The molecule has 14 rings (SSSR count). The minimum Gasteiger partial charge on any atom is -0.307 e. The second kappa shape index (κ2) is 13.6. The first-order valence-corrected chi connectivity index (χ1v) is 22.5. The summed E-state index contributed by atoms with van der Waals surface area (Å²) in [7, 11) is 0. The van der Waals surface area contributed by atoms with E-state index in [1.165, 1.54) is 68.6 Å². The van der Waals surface area contributed by atoms with Gasteiger partial charge in [0.05, 0.1) is 21.4 Å². The van der Waals surface area contributed by atoms with Crippen LogP contribution in [0.2, 0.25) is 0 Å². The molecule has 3 aromatic heterocycles. The summed E-state index contributed by atoms with van der Waals surface area (Å²) in [6.45, 7) is 0. The van der Waals surface area contributed by atoms with E-state index < -0.39 is 0 Å². The highest BCUT2D eigenvalue weighted by molar-refractivity contribution is 7.26. The second-order valence-corrected chi connectivity index (χ2v) is 17.8. The maximum absolute atomic E-state index is 5.58. The molecule has 0 aliphatic rings. The Hall–Kier alpha value is -8.25. The fraction of sp³-hybridized carbons (Fsp3) is 0. The topological polar surface area (TPSA) is 43.6 Å². The van der Waals surface area contributed by atoms with Crippen LogP contribution in [-0.2, 0) is 0 Å². The number of aromatic nitrogens is 4. The maximum Gasteiger partial charge on any atom is 0.166 e. The van der Waals surface area contributed by atoms with E-state index in [1.54, 1.807) is 0 Å². The second-order valence-electron chi connectivity index (χ2n) is 16.7. The molecule has 0 aliphatic carbocycles. The van der Waals surface area contributed by atoms with Crippen LogP contribution < -0.4 is 0 Å². The molecule has 4 nitrogen and oxygen atoms in total. The van der Waals surface area contributed by atoms with Crippen molar-refractivity contribution in [2.45, 2.75) is 0 Å². The lowest BCUT2D eigenvalue weighted by atomic mass is 9.96. The average Bonchev–Trinajstić information content (AvgIpc) is 3.90. The first-order chi connectivity index (χ1) is 31.7. The lowest BCUT2D eigenvalue weighted by Crippen LogP contribution is -2.04. The van der Waals surface area contributed by atoms with Gasteiger partial charge in [0, 0.05) is 42.9 Å². The number of hydrogen-bond acceptors (Lipinski definition) is 4. The number of nitrogens with zero attached hydrogens (tertiary/aromatic N) is 4. The van der Waals surface area contributed by atoms with Gasteiger partial charge in [0.25, 0.3) is 0 Å². The zero-order valence-electron chi connectivity index (χ0n) is 34.3. The highest BCUT2D eigenvalue weighted by Gasteiger charge is 2.25. The van der Waals surface area contributed by atoms with Crippen LogP contribution in [0.4, 0.5) is 0 Å². The molecule has 0 bridgehead atoms. The van der Waals surface area contributed by atoms with Crippen molar-refractivity contribution >= 4 is 107 Å². The van der Waals surface area contributed by atoms with Crippen molar-refractivity contribution in [3.63, 3.8) is 0 Å². The smallest absolute Gasteiger partial charge is 0.166 e. The summed E-state index contributed by atoms with van der Waals surface area (Å²) < 4.78 is 4.92. The highest BCUT2D eigenvalue weighted by Crippen LogP contribution is 2.47. The van der Waals surface area contributed by atoms with Crippen molar-refractivity contribution in [1.29, 1.82) is 0 Å². The molecule has 0 unspecified atom stereocenters. The Morgan fingerprint density at radius 2 is 0.922 bits per heavy atom. The summed E-state index contributed by atoms with van der Waals surface area (Å²) in [5, 5.41) is 16.7. The van der Waals surface area contributed by atoms with E-state index >= 15 is 0 Å². The van der Waals surface area contributed by atoms with Crippen molar-refractivity contribution in [2.75, 3.05) is 0 Å². The molecule has 0 spiro atoms. The van der Waals surface area contributed by atoms with Crippen LogP contribution in [0, 0.1) is 0 Å². The summed E-state index contributed by atoms with van der Waals surface area (Å²) >= 11 is 1.83. The Morgan fingerprint density at radius 1 is 0.328 bits per heavy atom. The van der Waals surface area contributed by atoms with Gasteiger partial charge in [-0.3, -0.25) is 0 Å². The summed E-state index contributed by atoms with van der Waals surface area (Å²) in [5.41, 5.74) is 6.19. The van der Waals surface area contributed by atoms with Gasteiger partial charge in [-0.1, -0.05) is 164 Å². The van der Waals surface area contributed by atoms with Crippen molar-refractivity contribution in [3.8, 4) is 39.9 Å². The molecule has 11 aromatic carbocycles. The van der Waals surface area contributed by atoms with Gasteiger partial charge in [-0.15, -0.1) is 11.3 Å². The fourth-order valence-electron chi connectivity index (χ4n) is 10.2. The number of rotatable bonds is 4. The Kier molecular flexibility index (Phi) is 7.53. The van der Waals surface area contributed by atoms with Crippen LogP contribution >= 0.6 is 11.3 Å².